The molecule has 31 heavy (non-hydrogen) atoms. The van der Waals surface area contributed by atoms with E-state index in [4.69, 9.17) is 4.74 Å². The largest absolute Gasteiger partial charge is 0.455 e. The van der Waals surface area contributed by atoms with Gasteiger partial charge in [0.25, 0.3) is 5.91 Å². The second-order valence-corrected chi connectivity index (χ2v) is 9.59. The number of benzene rings is 3. The van der Waals surface area contributed by atoms with Crippen molar-refractivity contribution in [3.63, 3.8) is 0 Å². The van der Waals surface area contributed by atoms with E-state index in [-0.39, 0.29) is 17.7 Å². The topological polar surface area (TPSA) is 75.7 Å². The summed E-state index contributed by atoms with van der Waals surface area (Å²) >= 11 is 0. The monoisotopic (exact) mass is 436 g/mol. The minimum absolute atomic E-state index is 0.0389. The maximum atomic E-state index is 12.9. The zero-order valence-electron chi connectivity index (χ0n) is 17.4. The summed E-state index contributed by atoms with van der Waals surface area (Å²) in [5, 5.41) is 2.91. The molecule has 1 heterocycles. The van der Waals surface area contributed by atoms with Gasteiger partial charge in [-0.1, -0.05) is 30.3 Å². The number of amides is 1. The molecular formula is C24H24N2O4S. The molecule has 3 aromatic rings. The lowest BCUT2D eigenvalue weighted by molar-refractivity contribution is 0.102. The zero-order chi connectivity index (χ0) is 22.0. The van der Waals surface area contributed by atoms with Crippen molar-refractivity contribution in [3.05, 3.63) is 83.9 Å². The highest BCUT2D eigenvalue weighted by Crippen LogP contribution is 2.36. The Bertz CT molecular complexity index is 1210. The van der Waals surface area contributed by atoms with Crippen LogP contribution in [-0.4, -0.2) is 26.1 Å². The Hall–Kier alpha value is -3.32. The number of nitrogens with one attached hydrogen (secondary N) is 1. The van der Waals surface area contributed by atoms with Crippen LogP contribution in [0.1, 0.15) is 29.8 Å². The zero-order valence-corrected chi connectivity index (χ0v) is 18.2. The number of nitrogens with zero attached hydrogens (tertiary/aromatic N) is 1. The van der Waals surface area contributed by atoms with E-state index in [0.717, 1.165) is 5.56 Å². The molecule has 1 aliphatic rings. The Morgan fingerprint density at radius 2 is 1.77 bits per heavy atom. The smallest absolute Gasteiger partial charge is 0.255 e. The summed E-state index contributed by atoms with van der Waals surface area (Å²) in [5.74, 6) is 0.971. The molecule has 0 saturated carbocycles. The molecule has 7 heteroatoms. The molecule has 0 spiro atoms. The van der Waals surface area contributed by atoms with Gasteiger partial charge in [0.15, 0.2) is 5.75 Å². The van der Waals surface area contributed by atoms with Crippen molar-refractivity contribution in [1.82, 2.24) is 0 Å². The highest BCUT2D eigenvalue weighted by molar-refractivity contribution is 7.92. The van der Waals surface area contributed by atoms with Gasteiger partial charge < -0.3 is 10.1 Å². The van der Waals surface area contributed by atoms with Crippen LogP contribution in [0, 0.1) is 0 Å². The summed E-state index contributed by atoms with van der Waals surface area (Å²) < 4.78 is 32.3. The minimum Gasteiger partial charge on any atom is -0.455 e. The second kappa shape index (κ2) is 8.43. The van der Waals surface area contributed by atoms with E-state index in [0.29, 0.717) is 34.9 Å². The van der Waals surface area contributed by atoms with Crippen LogP contribution in [-0.2, 0) is 16.4 Å². The molecule has 0 bridgehead atoms. The fraction of sp³-hybridized carbons (Fsp3) is 0.208. The molecule has 1 atom stereocenters. The Balaban J connectivity index is 1.57. The molecule has 0 saturated heterocycles. The summed E-state index contributed by atoms with van der Waals surface area (Å²) in [6.45, 7) is 3.51. The number of anilines is 2. The van der Waals surface area contributed by atoms with Gasteiger partial charge >= 0.3 is 0 Å². The van der Waals surface area contributed by atoms with Crippen molar-refractivity contribution >= 4 is 27.3 Å². The quantitative estimate of drug-likeness (QED) is 0.600. The molecule has 160 valence electrons. The standard InChI is InChI=1S/C24H24N2O4S/c1-3-31(28,29)26-17(2)15-19-16-18(13-14-22(19)26)24(27)25-21-11-7-8-12-23(21)30-20-9-5-4-6-10-20/h4-14,16-17H,3,15H2,1-2H3,(H,25,27)/t17-/m0/s1. The Morgan fingerprint density at radius 1 is 1.06 bits per heavy atom. The molecule has 1 amide bonds. The fourth-order valence-corrected chi connectivity index (χ4v) is 5.15. The fourth-order valence-electron chi connectivity index (χ4n) is 3.78. The number of hydrogen-bond donors (Lipinski definition) is 1. The van der Waals surface area contributed by atoms with E-state index < -0.39 is 10.0 Å². The Morgan fingerprint density at radius 3 is 2.52 bits per heavy atom. The molecule has 6 nitrogen and oxygen atoms in total. The molecule has 0 aliphatic carbocycles. The highest BCUT2D eigenvalue weighted by Gasteiger charge is 2.34. The van der Waals surface area contributed by atoms with Crippen LogP contribution in [0.3, 0.4) is 0 Å². The highest BCUT2D eigenvalue weighted by atomic mass is 32.2. The minimum atomic E-state index is -3.36. The lowest BCUT2D eigenvalue weighted by Gasteiger charge is -2.23. The van der Waals surface area contributed by atoms with E-state index in [2.05, 4.69) is 5.32 Å². The first-order valence-electron chi connectivity index (χ1n) is 10.2. The molecule has 3 aromatic carbocycles. The van der Waals surface area contributed by atoms with Gasteiger partial charge in [-0.05, 0) is 68.3 Å². The maximum Gasteiger partial charge on any atom is 0.255 e. The van der Waals surface area contributed by atoms with Gasteiger partial charge in [-0.2, -0.15) is 0 Å². The predicted molar refractivity (Wildman–Crippen MR) is 122 cm³/mol. The summed E-state index contributed by atoms with van der Waals surface area (Å²) in [6, 6.07) is 21.6. The average molecular weight is 437 g/mol. The van der Waals surface area contributed by atoms with Gasteiger partial charge in [0.1, 0.15) is 5.75 Å². The lowest BCUT2D eigenvalue weighted by Crippen LogP contribution is -2.36. The molecule has 4 rings (SSSR count). The van der Waals surface area contributed by atoms with Crippen molar-refractivity contribution in [2.24, 2.45) is 0 Å². The lowest BCUT2D eigenvalue weighted by atomic mass is 10.1. The van der Waals surface area contributed by atoms with E-state index in [1.54, 1.807) is 37.3 Å². The number of para-hydroxylation sites is 3. The van der Waals surface area contributed by atoms with Gasteiger partial charge in [0, 0.05) is 11.6 Å². The van der Waals surface area contributed by atoms with Crippen LogP contribution in [0.5, 0.6) is 11.5 Å². The van der Waals surface area contributed by atoms with E-state index in [1.807, 2.05) is 49.4 Å². The Labute approximate surface area is 182 Å². The van der Waals surface area contributed by atoms with Crippen LogP contribution in [0.4, 0.5) is 11.4 Å². The van der Waals surface area contributed by atoms with Crippen molar-refractivity contribution in [2.75, 3.05) is 15.4 Å². The first-order chi connectivity index (χ1) is 14.9. The summed E-state index contributed by atoms with van der Waals surface area (Å²) in [7, 11) is -3.36. The van der Waals surface area contributed by atoms with Crippen LogP contribution in [0.15, 0.2) is 72.8 Å². The number of sulfonamides is 1. The molecular weight excluding hydrogens is 412 g/mol. The summed E-state index contributed by atoms with van der Waals surface area (Å²) in [6.07, 6.45) is 0.573. The van der Waals surface area contributed by atoms with Gasteiger partial charge in [-0.25, -0.2) is 8.42 Å². The second-order valence-electron chi connectivity index (χ2n) is 7.46. The number of carbonyl (C=O) groups excluding carboxylic acids is 1. The number of rotatable bonds is 6. The van der Waals surface area contributed by atoms with E-state index in [1.165, 1.54) is 4.31 Å². The van der Waals surface area contributed by atoms with Crippen molar-refractivity contribution in [2.45, 2.75) is 26.3 Å². The Kier molecular flexibility index (Phi) is 5.69. The molecule has 0 fully saturated rings. The third-order valence-electron chi connectivity index (χ3n) is 5.27. The maximum absolute atomic E-state index is 12.9. The average Bonchev–Trinajstić information content (AvgIpc) is 3.11. The van der Waals surface area contributed by atoms with Crippen molar-refractivity contribution in [3.8, 4) is 11.5 Å². The van der Waals surface area contributed by atoms with E-state index >= 15 is 0 Å². The SMILES string of the molecule is CCS(=O)(=O)N1c2ccc(C(=O)Nc3ccccc3Oc3ccccc3)cc2C[C@@H]1C. The predicted octanol–water partition coefficient (Wildman–Crippen LogP) is 4.83. The number of fused-ring (bicyclic) bond motifs is 1. The van der Waals surface area contributed by atoms with Gasteiger partial charge in [0.2, 0.25) is 10.0 Å². The molecule has 1 N–H and O–H groups in total. The normalized spacial score (nSPS) is 15.4. The van der Waals surface area contributed by atoms with Crippen molar-refractivity contribution in [1.29, 1.82) is 0 Å². The van der Waals surface area contributed by atoms with E-state index in [9.17, 15) is 13.2 Å². The first kappa shape index (κ1) is 20.9. The molecule has 1 aliphatic heterocycles. The van der Waals surface area contributed by atoms with Gasteiger partial charge in [-0.15, -0.1) is 0 Å². The summed E-state index contributed by atoms with van der Waals surface area (Å²) in [4.78, 5) is 12.9. The van der Waals surface area contributed by atoms with Crippen LogP contribution in [0.2, 0.25) is 0 Å². The third kappa shape index (κ3) is 4.27. The number of carbonyl (C=O) groups is 1. The van der Waals surface area contributed by atoms with Crippen LogP contribution in [0.25, 0.3) is 0 Å². The number of hydrogen-bond acceptors (Lipinski definition) is 4. The molecule has 0 unspecified atom stereocenters. The van der Waals surface area contributed by atoms with Crippen LogP contribution >= 0.6 is 0 Å². The number of ether oxygens (including phenoxy) is 1. The van der Waals surface area contributed by atoms with Crippen molar-refractivity contribution < 1.29 is 17.9 Å². The summed E-state index contributed by atoms with van der Waals surface area (Å²) in [5.41, 5.74) is 2.53. The van der Waals surface area contributed by atoms with Gasteiger partial charge in [0.05, 0.1) is 17.1 Å². The third-order valence-corrected chi connectivity index (χ3v) is 7.15. The van der Waals surface area contributed by atoms with Gasteiger partial charge in [-0.3, -0.25) is 9.10 Å². The molecule has 0 radical (unpaired) electrons. The first-order valence-corrected chi connectivity index (χ1v) is 11.8. The van der Waals surface area contributed by atoms with Crippen LogP contribution < -0.4 is 14.4 Å². The molecule has 0 aromatic heterocycles.